The van der Waals surface area contributed by atoms with Gasteiger partial charge in [-0.1, -0.05) is 30.3 Å². The van der Waals surface area contributed by atoms with Crippen molar-refractivity contribution in [3.63, 3.8) is 0 Å². The molecule has 0 spiro atoms. The third-order valence-electron chi connectivity index (χ3n) is 5.01. The van der Waals surface area contributed by atoms with Gasteiger partial charge in [-0.05, 0) is 39.2 Å². The molecule has 3 atom stereocenters. The van der Waals surface area contributed by atoms with Crippen molar-refractivity contribution in [3.8, 4) is 0 Å². The van der Waals surface area contributed by atoms with Gasteiger partial charge >= 0.3 is 12.1 Å². The van der Waals surface area contributed by atoms with Crippen LogP contribution in [0.4, 0.5) is 9.59 Å². The van der Waals surface area contributed by atoms with Gasteiger partial charge in [0.2, 0.25) is 0 Å². The number of urea groups is 1. The number of carbonyl (C=O) groups is 4. The number of nitrogens with one attached hydrogen (secondary N) is 3. The van der Waals surface area contributed by atoms with Crippen LogP contribution in [0.2, 0.25) is 0 Å². The number of hydrogen-bond acceptors (Lipinski definition) is 6. The second-order valence-corrected chi connectivity index (χ2v) is 8.49. The Labute approximate surface area is 179 Å². The second kappa shape index (κ2) is 8.80. The lowest BCUT2D eigenvalue weighted by Gasteiger charge is -2.29. The number of carbonyl (C=O) groups excluding carboxylic acids is 4. The van der Waals surface area contributed by atoms with Crippen molar-refractivity contribution in [1.29, 1.82) is 0 Å². The molecular weight excluding hydrogens is 406 g/mol. The van der Waals surface area contributed by atoms with Crippen molar-refractivity contribution < 1.29 is 29.1 Å². The normalized spacial score (nSPS) is 21.4. The first kappa shape index (κ1) is 22.3. The van der Waals surface area contributed by atoms with Crippen LogP contribution >= 0.6 is 0 Å². The fourth-order valence-electron chi connectivity index (χ4n) is 3.57. The summed E-state index contributed by atoms with van der Waals surface area (Å²) < 4.78 is 5.23. The molecule has 1 aromatic rings. The summed E-state index contributed by atoms with van der Waals surface area (Å²) in [5.74, 6) is -1.27. The molecule has 2 heterocycles. The molecule has 11 nitrogen and oxygen atoms in total. The Bertz CT molecular complexity index is 855. The predicted molar refractivity (Wildman–Crippen MR) is 107 cm³/mol. The fraction of sp³-hybridized carbons (Fsp3) is 0.500. The molecule has 0 radical (unpaired) electrons. The lowest BCUT2D eigenvalue weighted by atomic mass is 10.0. The second-order valence-electron chi connectivity index (χ2n) is 8.49. The Hall–Kier alpha value is -3.34. The minimum absolute atomic E-state index is 0.244. The minimum atomic E-state index is -1.12. The van der Waals surface area contributed by atoms with E-state index in [0.29, 0.717) is 23.5 Å². The molecule has 4 N–H and O–H groups in total. The van der Waals surface area contributed by atoms with Crippen molar-refractivity contribution in [2.24, 2.45) is 0 Å². The van der Waals surface area contributed by atoms with Gasteiger partial charge in [-0.3, -0.25) is 25.6 Å². The average Bonchev–Trinajstić information content (AvgIpc) is 2.93. The highest BCUT2D eigenvalue weighted by atomic mass is 16.6. The number of amides is 5. The smallest absolute Gasteiger partial charge is 0.408 e. The Morgan fingerprint density at radius 1 is 1.13 bits per heavy atom. The van der Waals surface area contributed by atoms with E-state index >= 15 is 0 Å². The monoisotopic (exact) mass is 433 g/mol. The summed E-state index contributed by atoms with van der Waals surface area (Å²) in [5.41, 5.74) is 4.37. The van der Waals surface area contributed by atoms with Crippen LogP contribution in [0.1, 0.15) is 45.2 Å². The lowest BCUT2D eigenvalue weighted by Crippen LogP contribution is -2.55. The number of rotatable bonds is 4. The Morgan fingerprint density at radius 2 is 1.81 bits per heavy atom. The van der Waals surface area contributed by atoms with E-state index in [-0.39, 0.29) is 12.6 Å². The van der Waals surface area contributed by atoms with Gasteiger partial charge in [0.05, 0.1) is 6.04 Å². The minimum Gasteiger partial charge on any atom is -0.444 e. The van der Waals surface area contributed by atoms with E-state index in [9.17, 15) is 24.4 Å². The number of alkyl carbamates (subject to hydrolysis) is 1. The molecule has 168 valence electrons. The Balaban J connectivity index is 1.64. The summed E-state index contributed by atoms with van der Waals surface area (Å²) in [5, 5.41) is 12.9. The number of piperidine rings is 1. The van der Waals surface area contributed by atoms with Gasteiger partial charge in [0, 0.05) is 6.54 Å². The molecule has 1 aromatic carbocycles. The Kier molecular flexibility index (Phi) is 6.34. The van der Waals surface area contributed by atoms with Crippen LogP contribution in [-0.2, 0) is 14.3 Å². The third kappa shape index (κ3) is 5.23. The molecule has 0 aliphatic carbocycles. The largest absolute Gasteiger partial charge is 0.444 e. The molecule has 11 heteroatoms. The van der Waals surface area contributed by atoms with Crippen LogP contribution in [0, 0.1) is 0 Å². The number of benzene rings is 1. The average molecular weight is 433 g/mol. The first-order valence-electron chi connectivity index (χ1n) is 9.99. The number of hydrogen-bond donors (Lipinski definition) is 4. The fourth-order valence-corrected chi connectivity index (χ4v) is 3.57. The van der Waals surface area contributed by atoms with E-state index in [1.54, 1.807) is 51.1 Å². The van der Waals surface area contributed by atoms with Gasteiger partial charge in [-0.2, -0.15) is 0 Å². The van der Waals surface area contributed by atoms with E-state index in [2.05, 4.69) is 16.2 Å². The highest BCUT2D eigenvalue weighted by Gasteiger charge is 2.46. The summed E-state index contributed by atoms with van der Waals surface area (Å²) in [4.78, 5) is 50.9. The maximum Gasteiger partial charge on any atom is 0.408 e. The zero-order chi connectivity index (χ0) is 22.8. The van der Waals surface area contributed by atoms with Gasteiger partial charge in [-0.25, -0.2) is 14.7 Å². The molecule has 2 saturated heterocycles. The van der Waals surface area contributed by atoms with E-state index in [1.807, 2.05) is 0 Å². The van der Waals surface area contributed by atoms with Crippen molar-refractivity contribution in [3.05, 3.63) is 35.9 Å². The number of hydrazine groups is 1. The third-order valence-corrected chi connectivity index (χ3v) is 5.01. The molecule has 0 saturated carbocycles. The first-order chi connectivity index (χ1) is 14.6. The van der Waals surface area contributed by atoms with Gasteiger partial charge < -0.3 is 15.0 Å². The topological polar surface area (TPSA) is 140 Å². The molecule has 2 fully saturated rings. The standard InChI is InChI=1S/C20H27N5O6/c1-20(2,3)31-18(28)21-15(12-7-5-4-6-8-12)17(27)23-22-16(26)14-10-9-13-11-24(14)19(29)25(13)30/h4-8,13-15,30H,9-11H2,1-3H3,(H,21,28)(H,22,26)(H,23,27)/t13-,14+,15?/m1/s1. The van der Waals surface area contributed by atoms with Gasteiger partial charge in [0.15, 0.2) is 0 Å². The Morgan fingerprint density at radius 3 is 2.45 bits per heavy atom. The van der Waals surface area contributed by atoms with Crippen LogP contribution in [0.25, 0.3) is 0 Å². The predicted octanol–water partition coefficient (Wildman–Crippen LogP) is 1.06. The quantitative estimate of drug-likeness (QED) is 0.413. The number of ether oxygens (including phenoxy) is 1. The summed E-state index contributed by atoms with van der Waals surface area (Å²) in [7, 11) is 0. The maximum absolute atomic E-state index is 12.8. The van der Waals surface area contributed by atoms with Crippen molar-refractivity contribution in [2.45, 2.75) is 57.3 Å². The summed E-state index contributed by atoms with van der Waals surface area (Å²) in [6.07, 6.45) is 0.0391. The van der Waals surface area contributed by atoms with Crippen molar-refractivity contribution in [2.75, 3.05) is 6.54 Å². The molecule has 2 aliphatic rings. The summed E-state index contributed by atoms with van der Waals surface area (Å²) in [6.45, 7) is 5.35. The maximum atomic E-state index is 12.8. The summed E-state index contributed by atoms with van der Waals surface area (Å²) in [6, 6.07) is 5.61. The number of hydroxylamine groups is 2. The number of nitrogens with zero attached hydrogens (tertiary/aromatic N) is 2. The van der Waals surface area contributed by atoms with Gasteiger partial charge in [0.25, 0.3) is 11.8 Å². The van der Waals surface area contributed by atoms with E-state index in [1.165, 1.54) is 4.90 Å². The zero-order valence-electron chi connectivity index (χ0n) is 17.6. The van der Waals surface area contributed by atoms with Gasteiger partial charge in [0.1, 0.15) is 17.7 Å². The first-order valence-corrected chi connectivity index (χ1v) is 9.99. The molecule has 1 unspecified atom stereocenters. The highest BCUT2D eigenvalue weighted by molar-refractivity contribution is 5.92. The van der Waals surface area contributed by atoms with E-state index in [4.69, 9.17) is 4.74 Å². The SMILES string of the molecule is CC(C)(C)OC(=O)NC(C(=O)NNC(=O)[C@@H]1CC[C@@H]2CN1C(=O)N2O)c1ccccc1. The highest BCUT2D eigenvalue weighted by Crippen LogP contribution is 2.28. The zero-order valence-corrected chi connectivity index (χ0v) is 17.6. The van der Waals surface area contributed by atoms with E-state index in [0.717, 1.165) is 0 Å². The molecule has 2 bridgehead atoms. The van der Waals surface area contributed by atoms with E-state index < -0.39 is 41.6 Å². The van der Waals surface area contributed by atoms with Crippen molar-refractivity contribution >= 4 is 23.9 Å². The van der Waals surface area contributed by atoms with Crippen LogP contribution in [0.15, 0.2) is 30.3 Å². The lowest BCUT2D eigenvalue weighted by molar-refractivity contribution is -0.132. The van der Waals surface area contributed by atoms with Gasteiger partial charge in [-0.15, -0.1) is 0 Å². The molecule has 0 aromatic heterocycles. The van der Waals surface area contributed by atoms with Crippen LogP contribution in [-0.4, -0.2) is 63.3 Å². The molecule has 2 aliphatic heterocycles. The van der Waals surface area contributed by atoms with Crippen LogP contribution < -0.4 is 16.2 Å². The molecular formula is C20H27N5O6. The van der Waals surface area contributed by atoms with Crippen molar-refractivity contribution in [1.82, 2.24) is 26.1 Å². The molecule has 31 heavy (non-hydrogen) atoms. The van der Waals surface area contributed by atoms with Crippen LogP contribution in [0.3, 0.4) is 0 Å². The summed E-state index contributed by atoms with van der Waals surface area (Å²) >= 11 is 0. The van der Waals surface area contributed by atoms with Crippen LogP contribution in [0.5, 0.6) is 0 Å². The molecule has 3 rings (SSSR count). The molecule has 5 amide bonds. The number of fused-ring (bicyclic) bond motifs is 2.